The molecule has 1 amide bonds. The number of hydrogen-bond acceptors (Lipinski definition) is 3. The van der Waals surface area contributed by atoms with Crippen LogP contribution in [0.25, 0.3) is 0 Å². The van der Waals surface area contributed by atoms with Gasteiger partial charge in [-0.2, -0.15) is 0 Å². The Labute approximate surface area is 146 Å². The monoisotopic (exact) mass is 362 g/mol. The van der Waals surface area contributed by atoms with Gasteiger partial charge in [-0.15, -0.1) is 0 Å². The molecule has 0 bridgehead atoms. The van der Waals surface area contributed by atoms with Crippen LogP contribution in [0.4, 0.5) is 15.8 Å². The predicted octanol–water partition coefficient (Wildman–Crippen LogP) is 3.23. The summed E-state index contributed by atoms with van der Waals surface area (Å²) in [5.74, 6) is -0.702. The lowest BCUT2D eigenvalue weighted by molar-refractivity contribution is -0.116. The van der Waals surface area contributed by atoms with Gasteiger partial charge in [-0.05, 0) is 61.2 Å². The molecule has 0 atom stereocenters. The van der Waals surface area contributed by atoms with Gasteiger partial charge in [-0.25, -0.2) is 12.8 Å². The first-order chi connectivity index (χ1) is 11.8. The number of anilines is 2. The Kier molecular flexibility index (Phi) is 4.51. The van der Waals surface area contributed by atoms with E-state index in [1.807, 2.05) is 0 Å². The molecule has 3 rings (SSSR count). The van der Waals surface area contributed by atoms with Gasteiger partial charge in [-0.1, -0.05) is 6.07 Å². The molecule has 25 heavy (non-hydrogen) atoms. The molecule has 0 fully saturated rings. The highest BCUT2D eigenvalue weighted by Crippen LogP contribution is 2.30. The summed E-state index contributed by atoms with van der Waals surface area (Å²) in [5.41, 5.74) is 2.21. The van der Waals surface area contributed by atoms with Crippen LogP contribution in [0.2, 0.25) is 0 Å². The number of benzene rings is 2. The van der Waals surface area contributed by atoms with E-state index in [4.69, 9.17) is 0 Å². The maximum absolute atomic E-state index is 13.9. The van der Waals surface area contributed by atoms with E-state index in [1.54, 1.807) is 30.0 Å². The lowest BCUT2D eigenvalue weighted by atomic mass is 10.0. The number of halogens is 1. The number of hydrogen-bond donors (Lipinski definition) is 1. The maximum Gasteiger partial charge on any atom is 0.261 e. The first-order valence-corrected chi connectivity index (χ1v) is 9.46. The predicted molar refractivity (Wildman–Crippen MR) is 94.7 cm³/mol. The third-order valence-corrected chi connectivity index (χ3v) is 5.59. The topological polar surface area (TPSA) is 66.5 Å². The van der Waals surface area contributed by atoms with Crippen molar-refractivity contribution in [3.8, 4) is 0 Å². The zero-order valence-corrected chi connectivity index (χ0v) is 14.9. The van der Waals surface area contributed by atoms with Crippen molar-refractivity contribution in [2.45, 2.75) is 31.6 Å². The largest absolute Gasteiger partial charge is 0.312 e. The quantitative estimate of drug-likeness (QED) is 0.912. The van der Waals surface area contributed by atoms with Crippen molar-refractivity contribution in [1.29, 1.82) is 0 Å². The number of carbonyl (C=O) groups excluding carboxylic acids is 1. The molecule has 0 spiro atoms. The summed E-state index contributed by atoms with van der Waals surface area (Å²) in [6.45, 7) is 3.87. The van der Waals surface area contributed by atoms with Crippen LogP contribution in [0.3, 0.4) is 0 Å². The van der Waals surface area contributed by atoms with E-state index in [2.05, 4.69) is 4.72 Å². The highest BCUT2D eigenvalue weighted by molar-refractivity contribution is 7.92. The minimum Gasteiger partial charge on any atom is -0.312 e. The van der Waals surface area contributed by atoms with Crippen molar-refractivity contribution in [3.63, 3.8) is 0 Å². The van der Waals surface area contributed by atoms with Gasteiger partial charge in [0.05, 0.1) is 10.6 Å². The highest BCUT2D eigenvalue weighted by Gasteiger charge is 2.23. The van der Waals surface area contributed by atoms with Gasteiger partial charge in [-0.3, -0.25) is 9.52 Å². The molecule has 0 unspecified atom stereocenters. The average molecular weight is 362 g/mol. The van der Waals surface area contributed by atoms with Crippen molar-refractivity contribution < 1.29 is 17.6 Å². The summed E-state index contributed by atoms with van der Waals surface area (Å²) in [5, 5.41) is 0. The molecule has 0 aliphatic carbocycles. The Morgan fingerprint density at radius 2 is 1.96 bits per heavy atom. The third kappa shape index (κ3) is 3.51. The Bertz CT molecular complexity index is 941. The summed E-state index contributed by atoms with van der Waals surface area (Å²) in [6, 6.07) is 8.88. The molecule has 2 aromatic carbocycles. The van der Waals surface area contributed by atoms with Crippen LogP contribution in [0.5, 0.6) is 0 Å². The van der Waals surface area contributed by atoms with Gasteiger partial charge in [0.25, 0.3) is 10.0 Å². The maximum atomic E-state index is 13.9. The standard InChI is InChI=1S/C18H19FN2O3S/c1-12-5-7-16(19)17(10-12)20-25(23,24)15-6-8-18-14(11-15)4-3-9-21(18)13(2)22/h5-8,10-11,20H,3-4,9H2,1-2H3. The van der Waals surface area contributed by atoms with E-state index < -0.39 is 15.8 Å². The second-order valence-corrected chi connectivity index (χ2v) is 7.84. The normalized spacial score (nSPS) is 14.1. The van der Waals surface area contributed by atoms with Crippen molar-refractivity contribution >= 4 is 27.3 Å². The lowest BCUT2D eigenvalue weighted by Gasteiger charge is -2.28. The number of sulfonamides is 1. The minimum atomic E-state index is -3.92. The molecule has 1 aliphatic rings. The molecular weight excluding hydrogens is 343 g/mol. The van der Waals surface area contributed by atoms with Crippen molar-refractivity contribution in [2.75, 3.05) is 16.2 Å². The first kappa shape index (κ1) is 17.4. The Hall–Kier alpha value is -2.41. The average Bonchev–Trinajstić information content (AvgIpc) is 2.56. The number of rotatable bonds is 3. The Morgan fingerprint density at radius 3 is 2.68 bits per heavy atom. The van der Waals surface area contributed by atoms with Crippen molar-refractivity contribution in [2.24, 2.45) is 0 Å². The summed E-state index contributed by atoms with van der Waals surface area (Å²) < 4.78 is 41.4. The molecule has 5 nitrogen and oxygen atoms in total. The summed E-state index contributed by atoms with van der Waals surface area (Å²) in [4.78, 5) is 13.4. The molecule has 7 heteroatoms. The van der Waals surface area contributed by atoms with Gasteiger partial charge < -0.3 is 4.90 Å². The summed E-state index contributed by atoms with van der Waals surface area (Å²) in [6.07, 6.45) is 1.47. The van der Waals surface area contributed by atoms with Gasteiger partial charge in [0.2, 0.25) is 5.91 Å². The molecule has 0 saturated carbocycles. The van der Waals surface area contributed by atoms with Crippen LogP contribution in [-0.4, -0.2) is 20.9 Å². The lowest BCUT2D eigenvalue weighted by Crippen LogP contribution is -2.33. The molecule has 0 aromatic heterocycles. The molecule has 1 N–H and O–H groups in total. The van der Waals surface area contributed by atoms with E-state index in [1.165, 1.54) is 25.1 Å². The number of amides is 1. The SMILES string of the molecule is CC(=O)N1CCCc2cc(S(=O)(=O)Nc3cc(C)ccc3F)ccc21. The molecule has 1 heterocycles. The summed E-state index contributed by atoms with van der Waals surface area (Å²) >= 11 is 0. The highest BCUT2D eigenvalue weighted by atomic mass is 32.2. The van der Waals surface area contributed by atoms with Crippen LogP contribution < -0.4 is 9.62 Å². The number of nitrogens with zero attached hydrogens (tertiary/aromatic N) is 1. The molecule has 1 aliphatic heterocycles. The van der Waals surface area contributed by atoms with E-state index in [-0.39, 0.29) is 16.5 Å². The fraction of sp³-hybridized carbons (Fsp3) is 0.278. The molecule has 0 radical (unpaired) electrons. The van der Waals surface area contributed by atoms with Crippen LogP contribution in [0.15, 0.2) is 41.3 Å². The zero-order valence-electron chi connectivity index (χ0n) is 14.0. The second-order valence-electron chi connectivity index (χ2n) is 6.15. The Balaban J connectivity index is 1.96. The van der Waals surface area contributed by atoms with Gasteiger partial charge in [0.1, 0.15) is 5.82 Å². The second kappa shape index (κ2) is 6.48. The smallest absolute Gasteiger partial charge is 0.261 e. The van der Waals surface area contributed by atoms with E-state index >= 15 is 0 Å². The number of nitrogens with one attached hydrogen (secondary N) is 1. The number of carbonyl (C=O) groups is 1. The van der Waals surface area contributed by atoms with Crippen LogP contribution in [0, 0.1) is 12.7 Å². The van der Waals surface area contributed by atoms with Gasteiger partial charge in [0.15, 0.2) is 0 Å². The fourth-order valence-electron chi connectivity index (χ4n) is 2.99. The molecule has 132 valence electrons. The van der Waals surface area contributed by atoms with E-state index in [9.17, 15) is 17.6 Å². The van der Waals surface area contributed by atoms with Crippen molar-refractivity contribution in [3.05, 3.63) is 53.3 Å². The fourth-order valence-corrected chi connectivity index (χ4v) is 4.10. The van der Waals surface area contributed by atoms with Gasteiger partial charge >= 0.3 is 0 Å². The van der Waals surface area contributed by atoms with E-state index in [0.29, 0.717) is 13.0 Å². The molecule has 0 saturated heterocycles. The molecule has 2 aromatic rings. The summed E-state index contributed by atoms with van der Waals surface area (Å²) in [7, 11) is -3.92. The van der Waals surface area contributed by atoms with Crippen LogP contribution in [0.1, 0.15) is 24.5 Å². The number of aryl methyl sites for hydroxylation is 2. The first-order valence-electron chi connectivity index (χ1n) is 7.98. The minimum absolute atomic E-state index is 0.0533. The molecular formula is C18H19FN2O3S. The van der Waals surface area contributed by atoms with E-state index in [0.717, 1.165) is 23.2 Å². The van der Waals surface area contributed by atoms with Crippen LogP contribution >= 0.6 is 0 Å². The van der Waals surface area contributed by atoms with Crippen LogP contribution in [-0.2, 0) is 21.2 Å². The van der Waals surface area contributed by atoms with Gasteiger partial charge in [0, 0.05) is 19.2 Å². The zero-order chi connectivity index (χ0) is 18.2. The number of fused-ring (bicyclic) bond motifs is 1. The third-order valence-electron chi connectivity index (χ3n) is 4.23. The Morgan fingerprint density at radius 1 is 1.20 bits per heavy atom. The van der Waals surface area contributed by atoms with Crippen molar-refractivity contribution in [1.82, 2.24) is 0 Å².